The van der Waals surface area contributed by atoms with E-state index in [2.05, 4.69) is 0 Å². The molecule has 0 heterocycles. The standard InChI is InChI=1S/C13H18ClNO3S/c1-3-19(16,17)12-11(13(12,15)8-18-2)9-5-4-6-10(14)7-9/h4-7,11-12H,3,8,15H2,1-2H3/t11-,12-,13-/m1/s1. The maximum absolute atomic E-state index is 12.2. The molecule has 0 bridgehead atoms. The van der Waals surface area contributed by atoms with Crippen molar-refractivity contribution >= 4 is 21.4 Å². The molecule has 1 saturated carbocycles. The van der Waals surface area contributed by atoms with Crippen molar-refractivity contribution in [3.05, 3.63) is 34.9 Å². The summed E-state index contributed by atoms with van der Waals surface area (Å²) in [4.78, 5) is 0. The zero-order chi connectivity index (χ0) is 14.3. The zero-order valence-electron chi connectivity index (χ0n) is 11.0. The van der Waals surface area contributed by atoms with Crippen molar-refractivity contribution in [2.45, 2.75) is 23.6 Å². The molecule has 1 aromatic carbocycles. The van der Waals surface area contributed by atoms with Crippen molar-refractivity contribution < 1.29 is 13.2 Å². The van der Waals surface area contributed by atoms with Crippen molar-refractivity contribution in [3.63, 3.8) is 0 Å². The van der Waals surface area contributed by atoms with E-state index in [1.807, 2.05) is 6.07 Å². The fourth-order valence-electron chi connectivity index (χ4n) is 2.75. The molecule has 2 N–H and O–H groups in total. The van der Waals surface area contributed by atoms with Crippen molar-refractivity contribution in [2.24, 2.45) is 5.73 Å². The summed E-state index contributed by atoms with van der Waals surface area (Å²) in [6.07, 6.45) is 0. The van der Waals surface area contributed by atoms with Gasteiger partial charge in [0, 0.05) is 23.8 Å². The van der Waals surface area contributed by atoms with Crippen LogP contribution in [-0.2, 0) is 14.6 Å². The van der Waals surface area contributed by atoms with Gasteiger partial charge in [0.25, 0.3) is 0 Å². The number of sulfone groups is 1. The van der Waals surface area contributed by atoms with Gasteiger partial charge in [0.05, 0.1) is 17.4 Å². The van der Waals surface area contributed by atoms with Crippen LogP contribution in [0.2, 0.25) is 5.02 Å². The summed E-state index contributed by atoms with van der Waals surface area (Å²) in [6.45, 7) is 1.85. The van der Waals surface area contributed by atoms with Crippen LogP contribution in [0.15, 0.2) is 24.3 Å². The third-order valence-corrected chi connectivity index (χ3v) is 6.22. The minimum Gasteiger partial charge on any atom is -0.383 e. The molecule has 2 rings (SSSR count). The van der Waals surface area contributed by atoms with E-state index in [9.17, 15) is 8.42 Å². The lowest BCUT2D eigenvalue weighted by atomic mass is 10.1. The van der Waals surface area contributed by atoms with Crippen LogP contribution >= 0.6 is 11.6 Å². The highest BCUT2D eigenvalue weighted by Crippen LogP contribution is 2.54. The summed E-state index contributed by atoms with van der Waals surface area (Å²) in [5.41, 5.74) is 6.24. The first kappa shape index (κ1) is 14.8. The second-order valence-electron chi connectivity index (χ2n) is 4.95. The summed E-state index contributed by atoms with van der Waals surface area (Å²) in [6, 6.07) is 7.19. The van der Waals surface area contributed by atoms with Crippen LogP contribution in [0.1, 0.15) is 18.4 Å². The second kappa shape index (κ2) is 5.05. The Hall–Kier alpha value is -0.620. The van der Waals surface area contributed by atoms with Crippen LogP contribution in [-0.4, -0.2) is 38.7 Å². The number of hydrogen-bond donors (Lipinski definition) is 1. The Kier molecular flexibility index (Phi) is 3.93. The smallest absolute Gasteiger partial charge is 0.155 e. The SMILES string of the molecule is CCS(=O)(=O)[C@@H]1[C@@H](c2cccc(Cl)c2)[C@]1(N)COC. The first-order chi connectivity index (χ1) is 8.86. The Bertz CT molecular complexity index is 575. The fraction of sp³-hybridized carbons (Fsp3) is 0.538. The number of hydrogen-bond acceptors (Lipinski definition) is 4. The first-order valence-electron chi connectivity index (χ1n) is 6.11. The predicted octanol–water partition coefficient (Wildman–Crippen LogP) is 1.58. The largest absolute Gasteiger partial charge is 0.383 e. The van der Waals surface area contributed by atoms with Gasteiger partial charge in [-0.3, -0.25) is 0 Å². The molecule has 1 aliphatic carbocycles. The molecule has 0 spiro atoms. The molecule has 106 valence electrons. The molecule has 3 atom stereocenters. The average Bonchev–Trinajstić information content (AvgIpc) is 2.96. The Morgan fingerprint density at radius 2 is 2.16 bits per heavy atom. The lowest BCUT2D eigenvalue weighted by Gasteiger charge is -2.10. The van der Waals surface area contributed by atoms with Gasteiger partial charge in [0.1, 0.15) is 0 Å². The predicted molar refractivity (Wildman–Crippen MR) is 76.2 cm³/mol. The monoisotopic (exact) mass is 303 g/mol. The van der Waals surface area contributed by atoms with Crippen LogP contribution < -0.4 is 5.73 Å². The number of benzene rings is 1. The lowest BCUT2D eigenvalue weighted by Crippen LogP contribution is -2.36. The summed E-state index contributed by atoms with van der Waals surface area (Å²) in [7, 11) is -1.69. The maximum atomic E-state index is 12.2. The molecule has 1 aliphatic rings. The Labute approximate surface area is 118 Å². The molecule has 0 aliphatic heterocycles. The van der Waals surface area contributed by atoms with Crippen LogP contribution in [0.5, 0.6) is 0 Å². The maximum Gasteiger partial charge on any atom is 0.155 e. The summed E-state index contributed by atoms with van der Waals surface area (Å²) in [5.74, 6) is -0.173. The van der Waals surface area contributed by atoms with E-state index < -0.39 is 20.6 Å². The molecule has 1 aromatic rings. The third-order valence-electron chi connectivity index (χ3n) is 3.69. The highest BCUT2D eigenvalue weighted by molar-refractivity contribution is 7.92. The summed E-state index contributed by atoms with van der Waals surface area (Å²) >= 11 is 5.96. The van der Waals surface area contributed by atoms with Crippen LogP contribution in [0.25, 0.3) is 0 Å². The van der Waals surface area contributed by atoms with Gasteiger partial charge < -0.3 is 10.5 Å². The van der Waals surface area contributed by atoms with Crippen molar-refractivity contribution in [1.29, 1.82) is 0 Å². The van der Waals surface area contributed by atoms with Crippen molar-refractivity contribution in [3.8, 4) is 0 Å². The van der Waals surface area contributed by atoms with E-state index in [0.717, 1.165) is 5.56 Å². The fourth-order valence-corrected chi connectivity index (χ4v) is 4.94. The quantitative estimate of drug-likeness (QED) is 0.897. The number of nitrogens with two attached hydrogens (primary N) is 1. The topological polar surface area (TPSA) is 69.4 Å². The van der Waals surface area contributed by atoms with Crippen molar-refractivity contribution in [1.82, 2.24) is 0 Å². The molecule has 0 aromatic heterocycles. The lowest BCUT2D eigenvalue weighted by molar-refractivity contribution is 0.171. The minimum absolute atomic E-state index is 0.0808. The van der Waals surface area contributed by atoms with Crippen molar-refractivity contribution in [2.75, 3.05) is 19.5 Å². The number of ether oxygens (including phenoxy) is 1. The average molecular weight is 304 g/mol. The van der Waals surface area contributed by atoms with Gasteiger partial charge in [-0.15, -0.1) is 0 Å². The van der Waals surface area contributed by atoms with Crippen LogP contribution in [0, 0.1) is 0 Å². The van der Waals surface area contributed by atoms with Crippen LogP contribution in [0.3, 0.4) is 0 Å². The summed E-state index contributed by atoms with van der Waals surface area (Å²) in [5, 5.41) is -0.0137. The Balaban J connectivity index is 2.39. The van der Waals surface area contributed by atoms with E-state index in [-0.39, 0.29) is 18.3 Å². The van der Waals surface area contributed by atoms with Gasteiger partial charge >= 0.3 is 0 Å². The first-order valence-corrected chi connectivity index (χ1v) is 8.21. The molecular formula is C13H18ClNO3S. The summed E-state index contributed by atoms with van der Waals surface area (Å²) < 4.78 is 29.4. The zero-order valence-corrected chi connectivity index (χ0v) is 12.5. The van der Waals surface area contributed by atoms with Gasteiger partial charge in [0.15, 0.2) is 9.84 Å². The molecule has 6 heteroatoms. The molecular weight excluding hydrogens is 286 g/mol. The number of methoxy groups -OCH3 is 1. The third kappa shape index (κ3) is 2.52. The molecule has 0 unspecified atom stereocenters. The Morgan fingerprint density at radius 3 is 2.68 bits per heavy atom. The van der Waals surface area contributed by atoms with Crippen LogP contribution in [0.4, 0.5) is 0 Å². The van der Waals surface area contributed by atoms with E-state index in [4.69, 9.17) is 22.1 Å². The number of rotatable bonds is 5. The van der Waals surface area contributed by atoms with E-state index in [1.165, 1.54) is 7.11 Å². The van der Waals surface area contributed by atoms with E-state index in [0.29, 0.717) is 5.02 Å². The Morgan fingerprint density at radius 1 is 1.47 bits per heavy atom. The van der Waals surface area contributed by atoms with Gasteiger partial charge in [-0.2, -0.15) is 0 Å². The highest BCUT2D eigenvalue weighted by Gasteiger charge is 2.68. The minimum atomic E-state index is -3.21. The van der Waals surface area contributed by atoms with Gasteiger partial charge in [-0.1, -0.05) is 30.7 Å². The molecule has 0 radical (unpaired) electrons. The van der Waals surface area contributed by atoms with E-state index >= 15 is 0 Å². The second-order valence-corrected chi connectivity index (χ2v) is 7.80. The number of halogens is 1. The molecule has 4 nitrogen and oxygen atoms in total. The van der Waals surface area contributed by atoms with Gasteiger partial charge in [0.2, 0.25) is 0 Å². The molecule has 0 amide bonds. The molecule has 19 heavy (non-hydrogen) atoms. The molecule has 1 fully saturated rings. The highest BCUT2D eigenvalue weighted by atomic mass is 35.5. The normalized spacial score (nSPS) is 30.3. The van der Waals surface area contributed by atoms with Gasteiger partial charge in [-0.05, 0) is 17.7 Å². The van der Waals surface area contributed by atoms with Gasteiger partial charge in [-0.25, -0.2) is 8.42 Å². The van der Waals surface area contributed by atoms with E-state index in [1.54, 1.807) is 25.1 Å². The molecule has 0 saturated heterocycles.